The fraction of sp³-hybridized carbons (Fsp3) is 0.640. The largest absolute Gasteiger partial charge is 0.453 e. The first kappa shape index (κ1) is 26.8. The van der Waals surface area contributed by atoms with Crippen LogP contribution in [-0.4, -0.2) is 102 Å². The van der Waals surface area contributed by atoms with Gasteiger partial charge >= 0.3 is 6.09 Å². The van der Waals surface area contributed by atoms with Crippen LogP contribution in [0.15, 0.2) is 12.1 Å². The lowest BCUT2D eigenvalue weighted by molar-refractivity contribution is -0.161. The molecule has 2 fully saturated rings. The van der Waals surface area contributed by atoms with Crippen LogP contribution in [0.5, 0.6) is 0 Å². The zero-order valence-electron chi connectivity index (χ0n) is 22.2. The van der Waals surface area contributed by atoms with Crippen LogP contribution in [-0.2, 0) is 25.6 Å². The Morgan fingerprint density at radius 2 is 1.92 bits per heavy atom. The number of amides is 3. The van der Waals surface area contributed by atoms with Crippen molar-refractivity contribution in [3.8, 4) is 0 Å². The molecule has 37 heavy (non-hydrogen) atoms. The number of alkyl carbamates (subject to hydrolysis) is 1. The number of carbonyl (C=O) groups excluding carboxylic acids is 3. The van der Waals surface area contributed by atoms with Crippen LogP contribution in [0.3, 0.4) is 0 Å². The molecule has 3 amide bonds. The number of rotatable bonds is 9. The van der Waals surface area contributed by atoms with Crippen molar-refractivity contribution in [2.45, 2.75) is 63.9 Å². The van der Waals surface area contributed by atoms with Crippen molar-refractivity contribution in [3.63, 3.8) is 0 Å². The molecule has 1 saturated heterocycles. The van der Waals surface area contributed by atoms with Crippen molar-refractivity contribution in [2.24, 2.45) is 0 Å². The molecule has 3 heterocycles. The summed E-state index contributed by atoms with van der Waals surface area (Å²) >= 11 is 0. The summed E-state index contributed by atoms with van der Waals surface area (Å²) in [6, 6.07) is 3.74. The molecule has 2 N–H and O–H groups in total. The van der Waals surface area contributed by atoms with E-state index in [0.29, 0.717) is 32.6 Å². The predicted octanol–water partition coefficient (Wildman–Crippen LogP) is 0.983. The van der Waals surface area contributed by atoms with Crippen LogP contribution in [0, 0.1) is 6.92 Å². The number of fused-ring (bicyclic) bond motifs is 1. The van der Waals surface area contributed by atoms with E-state index in [-0.39, 0.29) is 23.9 Å². The fourth-order valence-corrected chi connectivity index (χ4v) is 4.68. The maximum absolute atomic E-state index is 13.8. The number of likely N-dealkylation sites (N-methyl/N-ethyl adjacent to an activating group) is 1. The Hall–Kier alpha value is -3.25. The number of ether oxygens (including phenoxy) is 2. The van der Waals surface area contributed by atoms with Crippen LogP contribution < -0.4 is 10.6 Å². The number of nitrogens with one attached hydrogen (secondary N) is 2. The Morgan fingerprint density at radius 3 is 2.57 bits per heavy atom. The zero-order chi connectivity index (χ0) is 26.7. The first-order chi connectivity index (χ1) is 17.7. The highest BCUT2D eigenvalue weighted by molar-refractivity contribution is 5.86. The molecule has 2 aromatic rings. The number of pyridine rings is 1. The van der Waals surface area contributed by atoms with Crippen molar-refractivity contribution in [2.75, 3.05) is 40.8 Å². The molecule has 0 bridgehead atoms. The Kier molecular flexibility index (Phi) is 8.28. The maximum atomic E-state index is 13.8. The second-order valence-corrected chi connectivity index (χ2v) is 9.86. The summed E-state index contributed by atoms with van der Waals surface area (Å²) in [5, 5.41) is 11.6. The number of aryl methyl sites for hydroxylation is 2. The van der Waals surface area contributed by atoms with Crippen molar-refractivity contribution in [1.29, 1.82) is 0 Å². The molecule has 0 aromatic carbocycles. The summed E-state index contributed by atoms with van der Waals surface area (Å²) in [7, 11) is 4.69. The fourth-order valence-electron chi connectivity index (χ4n) is 4.68. The molecule has 12 heteroatoms. The second-order valence-electron chi connectivity index (χ2n) is 9.86. The molecule has 4 rings (SSSR count). The van der Waals surface area contributed by atoms with Gasteiger partial charge in [-0.15, -0.1) is 0 Å². The molecular formula is C25H37N7O5. The van der Waals surface area contributed by atoms with E-state index in [1.54, 1.807) is 14.1 Å². The van der Waals surface area contributed by atoms with Gasteiger partial charge in [-0.05, 0) is 45.2 Å². The number of carbonyl (C=O) groups is 3. The van der Waals surface area contributed by atoms with Gasteiger partial charge in [0, 0.05) is 57.4 Å². The maximum Gasteiger partial charge on any atom is 0.406 e. The van der Waals surface area contributed by atoms with E-state index in [1.165, 1.54) is 12.0 Å². The number of hydrogen-bond donors (Lipinski definition) is 2. The van der Waals surface area contributed by atoms with E-state index >= 15 is 0 Å². The van der Waals surface area contributed by atoms with Crippen LogP contribution in [0.1, 0.15) is 43.6 Å². The topological polar surface area (TPSA) is 131 Å². The normalized spacial score (nSPS) is 20.4. The third kappa shape index (κ3) is 6.02. The van der Waals surface area contributed by atoms with E-state index in [0.717, 1.165) is 35.3 Å². The number of methoxy groups -OCH3 is 1. The summed E-state index contributed by atoms with van der Waals surface area (Å²) in [6.45, 7) is 5.64. The van der Waals surface area contributed by atoms with Crippen LogP contribution >= 0.6 is 0 Å². The lowest BCUT2D eigenvalue weighted by Gasteiger charge is -2.36. The Morgan fingerprint density at radius 1 is 1.22 bits per heavy atom. The molecule has 2 aromatic heterocycles. The van der Waals surface area contributed by atoms with Crippen molar-refractivity contribution in [1.82, 2.24) is 35.2 Å². The highest BCUT2D eigenvalue weighted by Gasteiger charge is 2.43. The SMILES string of the molecule is COC(=O)NCCCn1nc([C@@H](C)N(C(=O)[C@H]2CNC[C@@H](C(=O)N(C)C)O2)C2CC2)c2ccc(C)nc21. The molecule has 1 aliphatic heterocycles. The molecule has 0 radical (unpaired) electrons. The monoisotopic (exact) mass is 515 g/mol. The average Bonchev–Trinajstić information content (AvgIpc) is 3.66. The van der Waals surface area contributed by atoms with Gasteiger partial charge < -0.3 is 29.9 Å². The highest BCUT2D eigenvalue weighted by atomic mass is 16.5. The van der Waals surface area contributed by atoms with Gasteiger partial charge in [0.1, 0.15) is 12.2 Å². The summed E-state index contributed by atoms with van der Waals surface area (Å²) in [5.41, 5.74) is 2.39. The summed E-state index contributed by atoms with van der Waals surface area (Å²) in [6.07, 6.45) is 0.574. The highest BCUT2D eigenvalue weighted by Crippen LogP contribution is 2.37. The van der Waals surface area contributed by atoms with Crippen molar-refractivity contribution in [3.05, 3.63) is 23.5 Å². The van der Waals surface area contributed by atoms with Crippen molar-refractivity contribution >= 4 is 28.9 Å². The van der Waals surface area contributed by atoms with Gasteiger partial charge in [-0.25, -0.2) is 14.5 Å². The number of morpholine rings is 1. The van der Waals surface area contributed by atoms with E-state index in [1.807, 2.05) is 35.6 Å². The minimum atomic E-state index is -0.746. The lowest BCUT2D eigenvalue weighted by atomic mass is 10.1. The Balaban J connectivity index is 1.56. The minimum Gasteiger partial charge on any atom is -0.453 e. The Bertz CT molecular complexity index is 1150. The molecule has 0 unspecified atom stereocenters. The smallest absolute Gasteiger partial charge is 0.406 e. The molecule has 12 nitrogen and oxygen atoms in total. The third-order valence-corrected chi connectivity index (χ3v) is 6.75. The summed E-state index contributed by atoms with van der Waals surface area (Å²) in [5.74, 6) is -0.298. The molecular weight excluding hydrogens is 478 g/mol. The molecule has 1 aliphatic carbocycles. The van der Waals surface area contributed by atoms with Gasteiger partial charge in [-0.2, -0.15) is 5.10 Å². The minimum absolute atomic E-state index is 0.110. The first-order valence-corrected chi connectivity index (χ1v) is 12.8. The van der Waals surface area contributed by atoms with E-state index in [2.05, 4.69) is 15.4 Å². The quantitative estimate of drug-likeness (QED) is 0.473. The van der Waals surface area contributed by atoms with E-state index in [4.69, 9.17) is 14.8 Å². The van der Waals surface area contributed by atoms with Crippen LogP contribution in [0.25, 0.3) is 11.0 Å². The average molecular weight is 516 g/mol. The van der Waals surface area contributed by atoms with Crippen LogP contribution in [0.2, 0.25) is 0 Å². The molecule has 2 aliphatic rings. The molecule has 1 saturated carbocycles. The van der Waals surface area contributed by atoms with Crippen molar-refractivity contribution < 1.29 is 23.9 Å². The van der Waals surface area contributed by atoms with Gasteiger partial charge in [0.2, 0.25) is 0 Å². The van der Waals surface area contributed by atoms with Gasteiger partial charge in [-0.1, -0.05) is 0 Å². The number of hydrogen-bond acceptors (Lipinski definition) is 8. The lowest BCUT2D eigenvalue weighted by Crippen LogP contribution is -2.56. The zero-order valence-corrected chi connectivity index (χ0v) is 22.2. The number of aromatic nitrogens is 3. The third-order valence-electron chi connectivity index (χ3n) is 6.75. The van der Waals surface area contributed by atoms with Gasteiger partial charge in [-0.3, -0.25) is 9.59 Å². The van der Waals surface area contributed by atoms with Crippen LogP contribution in [0.4, 0.5) is 4.79 Å². The predicted molar refractivity (Wildman–Crippen MR) is 136 cm³/mol. The second kappa shape index (κ2) is 11.4. The van der Waals surface area contributed by atoms with E-state index < -0.39 is 18.3 Å². The van der Waals surface area contributed by atoms with Gasteiger partial charge in [0.15, 0.2) is 5.65 Å². The summed E-state index contributed by atoms with van der Waals surface area (Å²) in [4.78, 5) is 45.7. The van der Waals surface area contributed by atoms with E-state index in [9.17, 15) is 14.4 Å². The molecule has 202 valence electrons. The van der Waals surface area contributed by atoms with Gasteiger partial charge in [0.25, 0.3) is 11.8 Å². The van der Waals surface area contributed by atoms with Gasteiger partial charge in [0.05, 0.1) is 18.8 Å². The standard InChI is InChI=1S/C25H37N7O5/c1-15-7-10-18-21(29-31(22(18)28-15)12-6-11-27-25(35)36-5)16(2)32(17-8-9-17)24(34)20-14-26-13-19(37-20)23(33)30(3)4/h7,10,16-17,19-20,26H,6,8-9,11-14H2,1-5H3,(H,27,35)/t16-,19+,20-/m1/s1. The Labute approximate surface area is 216 Å². The first-order valence-electron chi connectivity index (χ1n) is 12.8. The molecule has 3 atom stereocenters. The molecule has 0 spiro atoms. The number of nitrogens with zero attached hydrogens (tertiary/aromatic N) is 5. The summed E-state index contributed by atoms with van der Waals surface area (Å²) < 4.78 is 12.5.